The van der Waals surface area contributed by atoms with Gasteiger partial charge in [-0.1, -0.05) is 18.2 Å². The summed E-state index contributed by atoms with van der Waals surface area (Å²) in [6.45, 7) is 4.30. The maximum atomic E-state index is 12.5. The van der Waals surface area contributed by atoms with Gasteiger partial charge in [-0.05, 0) is 44.2 Å². The van der Waals surface area contributed by atoms with Crippen molar-refractivity contribution in [3.05, 3.63) is 70.5 Å². The fraction of sp³-hybridized carbons (Fsp3) is 0.182. The Kier molecular flexibility index (Phi) is 5.16. The number of furan rings is 1. The van der Waals surface area contributed by atoms with Crippen molar-refractivity contribution in [1.82, 2.24) is 4.57 Å². The summed E-state index contributed by atoms with van der Waals surface area (Å²) in [5.74, 6) is -2.42. The molecule has 31 heavy (non-hydrogen) atoms. The van der Waals surface area contributed by atoms with E-state index in [0.717, 1.165) is 40.5 Å². The Bertz CT molecular complexity index is 1320. The molecule has 0 aliphatic heterocycles. The van der Waals surface area contributed by atoms with Crippen LogP contribution < -0.4 is 5.32 Å². The molecule has 158 valence electrons. The zero-order chi connectivity index (χ0) is 22.1. The predicted octanol–water partition coefficient (Wildman–Crippen LogP) is 4.50. The minimum absolute atomic E-state index is 0.347. The van der Waals surface area contributed by atoms with E-state index in [1.54, 1.807) is 6.07 Å². The van der Waals surface area contributed by atoms with Crippen molar-refractivity contribution in [2.75, 3.05) is 5.32 Å². The number of hydrogen-bond donors (Lipinski definition) is 1. The lowest BCUT2D eigenvalue weighted by Gasteiger charge is -2.13. The first kappa shape index (κ1) is 20.1. The quantitative estimate of drug-likeness (QED) is 0.278. The summed E-state index contributed by atoms with van der Waals surface area (Å²) in [6, 6.07) is 15.8. The molecule has 0 bridgehead atoms. The number of rotatable bonds is 6. The lowest BCUT2D eigenvalue weighted by Crippen LogP contribution is -2.29. The summed E-state index contributed by atoms with van der Waals surface area (Å²) in [6.07, 6.45) is -1.13. The first-order chi connectivity index (χ1) is 14.9. The van der Waals surface area contributed by atoms with E-state index in [1.807, 2.05) is 30.3 Å². The zero-order valence-electron chi connectivity index (χ0n) is 16.8. The lowest BCUT2D eigenvalue weighted by molar-refractivity contribution is -0.402. The molecule has 9 heteroatoms. The number of aromatic nitrogens is 1. The second kappa shape index (κ2) is 7.94. The highest BCUT2D eigenvalue weighted by Gasteiger charge is 2.23. The molecule has 0 fully saturated rings. The number of esters is 1. The van der Waals surface area contributed by atoms with Crippen LogP contribution in [-0.2, 0) is 16.1 Å². The molecule has 1 amide bonds. The van der Waals surface area contributed by atoms with Gasteiger partial charge in [0.1, 0.15) is 4.92 Å². The Morgan fingerprint density at radius 1 is 1.13 bits per heavy atom. The molecular weight excluding hydrogens is 402 g/mol. The first-order valence-corrected chi connectivity index (χ1v) is 9.66. The zero-order valence-corrected chi connectivity index (χ0v) is 16.8. The Balaban J connectivity index is 1.51. The summed E-state index contributed by atoms with van der Waals surface area (Å²) in [5, 5.41) is 15.5. The number of amides is 1. The van der Waals surface area contributed by atoms with E-state index in [9.17, 15) is 19.7 Å². The van der Waals surface area contributed by atoms with Gasteiger partial charge < -0.3 is 19.0 Å². The van der Waals surface area contributed by atoms with E-state index in [0.29, 0.717) is 5.69 Å². The molecule has 1 N–H and O–H groups in total. The van der Waals surface area contributed by atoms with Crippen LogP contribution in [0.5, 0.6) is 0 Å². The van der Waals surface area contributed by atoms with E-state index in [4.69, 9.17) is 9.15 Å². The largest absolute Gasteiger partial charge is 0.447 e. The minimum atomic E-state index is -1.13. The highest BCUT2D eigenvalue weighted by Crippen LogP contribution is 2.31. The molecule has 0 aliphatic rings. The van der Waals surface area contributed by atoms with Crippen molar-refractivity contribution in [3.8, 4) is 0 Å². The lowest BCUT2D eigenvalue weighted by atomic mass is 10.1. The molecule has 4 aromatic rings. The summed E-state index contributed by atoms with van der Waals surface area (Å²) in [7, 11) is 0. The molecule has 2 heterocycles. The van der Waals surface area contributed by atoms with Crippen LogP contribution in [0.2, 0.25) is 0 Å². The summed E-state index contributed by atoms with van der Waals surface area (Å²) in [4.78, 5) is 34.5. The number of aryl methyl sites for hydroxylation is 1. The van der Waals surface area contributed by atoms with Crippen LogP contribution in [-0.4, -0.2) is 27.5 Å². The summed E-state index contributed by atoms with van der Waals surface area (Å²) >= 11 is 0. The number of ether oxygens (including phenoxy) is 1. The van der Waals surface area contributed by atoms with Gasteiger partial charge in [0.15, 0.2) is 6.10 Å². The number of carbonyl (C=O) groups excluding carboxylic acids is 2. The standard InChI is InChI=1S/C22H19N3O6/c1-3-24-17-7-5-4-6-15(17)16-12-14(8-9-18(16)24)23-21(26)13(2)30-22(27)19-10-11-20(31-19)25(28)29/h4-13H,3H2,1-2H3,(H,23,26). The van der Waals surface area contributed by atoms with E-state index in [-0.39, 0.29) is 5.76 Å². The number of anilines is 1. The van der Waals surface area contributed by atoms with Crippen molar-refractivity contribution in [2.45, 2.75) is 26.5 Å². The van der Waals surface area contributed by atoms with Crippen molar-refractivity contribution >= 4 is 45.3 Å². The molecular formula is C22H19N3O6. The number of hydrogen-bond acceptors (Lipinski definition) is 6. The number of benzene rings is 2. The molecule has 1 unspecified atom stereocenters. The molecule has 4 rings (SSSR count). The fourth-order valence-electron chi connectivity index (χ4n) is 3.52. The van der Waals surface area contributed by atoms with Gasteiger partial charge in [0.2, 0.25) is 5.76 Å². The van der Waals surface area contributed by atoms with Gasteiger partial charge in [0.05, 0.1) is 6.07 Å². The highest BCUT2D eigenvalue weighted by atomic mass is 16.7. The average Bonchev–Trinajstić information content (AvgIpc) is 3.37. The third kappa shape index (κ3) is 3.73. The van der Waals surface area contributed by atoms with Crippen LogP contribution in [0.3, 0.4) is 0 Å². The van der Waals surface area contributed by atoms with E-state index in [2.05, 4.69) is 22.9 Å². The Labute approximate surface area is 176 Å². The number of nitrogens with one attached hydrogen (secondary N) is 1. The molecule has 0 spiro atoms. The molecule has 0 saturated heterocycles. The third-order valence-corrected chi connectivity index (χ3v) is 4.98. The van der Waals surface area contributed by atoms with Gasteiger partial charge in [-0.3, -0.25) is 14.9 Å². The maximum Gasteiger partial charge on any atom is 0.433 e. The van der Waals surface area contributed by atoms with Gasteiger partial charge >= 0.3 is 11.9 Å². The Morgan fingerprint density at radius 3 is 2.58 bits per heavy atom. The highest BCUT2D eigenvalue weighted by molar-refractivity contribution is 6.10. The third-order valence-electron chi connectivity index (χ3n) is 4.98. The smallest absolute Gasteiger partial charge is 0.433 e. The van der Waals surface area contributed by atoms with Crippen molar-refractivity contribution in [2.24, 2.45) is 0 Å². The van der Waals surface area contributed by atoms with Crippen molar-refractivity contribution < 1.29 is 23.7 Å². The number of fused-ring (bicyclic) bond motifs is 3. The number of nitro groups is 1. The molecule has 0 radical (unpaired) electrons. The topological polar surface area (TPSA) is 117 Å². The molecule has 9 nitrogen and oxygen atoms in total. The van der Waals surface area contributed by atoms with Crippen LogP contribution in [0.25, 0.3) is 21.8 Å². The first-order valence-electron chi connectivity index (χ1n) is 9.66. The minimum Gasteiger partial charge on any atom is -0.447 e. The second-order valence-electron chi connectivity index (χ2n) is 6.93. The number of para-hydroxylation sites is 1. The monoisotopic (exact) mass is 421 g/mol. The van der Waals surface area contributed by atoms with Crippen LogP contribution in [0.15, 0.2) is 59.0 Å². The van der Waals surface area contributed by atoms with Crippen molar-refractivity contribution in [3.63, 3.8) is 0 Å². The number of nitrogens with zero attached hydrogens (tertiary/aromatic N) is 2. The van der Waals surface area contributed by atoms with E-state index < -0.39 is 28.8 Å². The molecule has 2 aromatic heterocycles. The van der Waals surface area contributed by atoms with Crippen LogP contribution in [0.1, 0.15) is 24.4 Å². The Morgan fingerprint density at radius 2 is 1.87 bits per heavy atom. The fourth-order valence-corrected chi connectivity index (χ4v) is 3.52. The molecule has 0 saturated carbocycles. The predicted molar refractivity (Wildman–Crippen MR) is 114 cm³/mol. The maximum absolute atomic E-state index is 12.5. The normalized spacial score (nSPS) is 12.1. The molecule has 0 aliphatic carbocycles. The van der Waals surface area contributed by atoms with Crippen LogP contribution in [0, 0.1) is 10.1 Å². The Hall–Kier alpha value is -4.14. The molecule has 2 aromatic carbocycles. The van der Waals surface area contributed by atoms with E-state index in [1.165, 1.54) is 6.92 Å². The summed E-state index contributed by atoms with van der Waals surface area (Å²) in [5.41, 5.74) is 2.73. The molecule has 1 atom stereocenters. The number of carbonyl (C=O) groups is 2. The second-order valence-corrected chi connectivity index (χ2v) is 6.93. The van der Waals surface area contributed by atoms with Crippen LogP contribution in [0.4, 0.5) is 11.6 Å². The average molecular weight is 421 g/mol. The van der Waals surface area contributed by atoms with Gasteiger partial charge in [-0.2, -0.15) is 0 Å². The van der Waals surface area contributed by atoms with Gasteiger partial charge in [-0.15, -0.1) is 0 Å². The van der Waals surface area contributed by atoms with Crippen molar-refractivity contribution in [1.29, 1.82) is 0 Å². The van der Waals surface area contributed by atoms with E-state index >= 15 is 0 Å². The van der Waals surface area contributed by atoms with Crippen LogP contribution >= 0.6 is 0 Å². The van der Waals surface area contributed by atoms with Gasteiger partial charge in [-0.25, -0.2) is 4.79 Å². The van der Waals surface area contributed by atoms with Gasteiger partial charge in [0.25, 0.3) is 5.91 Å². The SMILES string of the molecule is CCn1c2ccccc2c2cc(NC(=O)C(C)OC(=O)c3ccc([N+](=O)[O-])o3)ccc21. The summed E-state index contributed by atoms with van der Waals surface area (Å²) < 4.78 is 12.1. The van der Waals surface area contributed by atoms with Gasteiger partial charge in [0, 0.05) is 34.0 Å².